The summed E-state index contributed by atoms with van der Waals surface area (Å²) in [5, 5.41) is 3.63. The molecule has 26 heavy (non-hydrogen) atoms. The molecule has 1 aromatic rings. The molecule has 2 fully saturated rings. The van der Waals surface area contributed by atoms with Gasteiger partial charge in [-0.15, -0.1) is 11.8 Å². The second-order valence-corrected chi connectivity index (χ2v) is 9.63. The van der Waals surface area contributed by atoms with Crippen LogP contribution in [0.4, 0.5) is 0 Å². The lowest BCUT2D eigenvalue weighted by molar-refractivity contribution is -0.119. The van der Waals surface area contributed by atoms with Gasteiger partial charge in [0.05, 0.1) is 5.75 Å². The van der Waals surface area contributed by atoms with Crippen LogP contribution in [-0.4, -0.2) is 23.3 Å². The number of amides is 1. The van der Waals surface area contributed by atoms with Gasteiger partial charge < -0.3 is 10.1 Å². The second kappa shape index (κ2) is 7.84. The fraction of sp³-hybridized carbons (Fsp3) is 0.682. The highest BCUT2D eigenvalue weighted by Crippen LogP contribution is 2.51. The van der Waals surface area contributed by atoms with Gasteiger partial charge in [-0.1, -0.05) is 37.0 Å². The van der Waals surface area contributed by atoms with E-state index in [2.05, 4.69) is 30.4 Å². The molecule has 4 rings (SSSR count). The number of aryl methyl sites for hydroxylation is 1. The summed E-state index contributed by atoms with van der Waals surface area (Å²) in [6.07, 6.45) is 12.0. The van der Waals surface area contributed by atoms with Gasteiger partial charge in [-0.05, 0) is 51.5 Å². The summed E-state index contributed by atoms with van der Waals surface area (Å²) >= 11 is 1.81. The molecule has 0 saturated heterocycles. The molecule has 0 radical (unpaired) electrons. The van der Waals surface area contributed by atoms with Crippen molar-refractivity contribution in [3.05, 3.63) is 29.3 Å². The smallest absolute Gasteiger partial charge is 0.230 e. The van der Waals surface area contributed by atoms with E-state index in [0.29, 0.717) is 17.0 Å². The van der Waals surface area contributed by atoms with Crippen molar-refractivity contribution in [3.63, 3.8) is 0 Å². The lowest BCUT2D eigenvalue weighted by Gasteiger charge is -2.40. The van der Waals surface area contributed by atoms with Crippen LogP contribution in [0.5, 0.6) is 5.75 Å². The molecule has 2 aliphatic carbocycles. The summed E-state index contributed by atoms with van der Waals surface area (Å²) < 4.78 is 6.48. The molecular weight excluding hydrogens is 342 g/mol. The van der Waals surface area contributed by atoms with Gasteiger partial charge in [-0.3, -0.25) is 4.79 Å². The highest BCUT2D eigenvalue weighted by molar-refractivity contribution is 8.00. The van der Waals surface area contributed by atoms with Crippen molar-refractivity contribution in [2.24, 2.45) is 0 Å². The Hall–Kier alpha value is -1.16. The number of ether oxygens (including phenoxy) is 1. The molecule has 3 nitrogen and oxygen atoms in total. The molecule has 1 atom stereocenters. The third kappa shape index (κ3) is 4.05. The van der Waals surface area contributed by atoms with E-state index >= 15 is 0 Å². The number of fused-ring (bicyclic) bond motifs is 1. The molecule has 0 unspecified atom stereocenters. The normalized spacial score (nSPS) is 24.9. The molecule has 1 amide bonds. The van der Waals surface area contributed by atoms with E-state index in [1.807, 2.05) is 11.8 Å². The summed E-state index contributed by atoms with van der Waals surface area (Å²) in [7, 11) is 0. The molecule has 4 heteroatoms. The van der Waals surface area contributed by atoms with Gasteiger partial charge >= 0.3 is 0 Å². The molecule has 142 valence electrons. The topological polar surface area (TPSA) is 38.3 Å². The van der Waals surface area contributed by atoms with E-state index < -0.39 is 0 Å². The van der Waals surface area contributed by atoms with E-state index in [0.717, 1.165) is 37.9 Å². The van der Waals surface area contributed by atoms with E-state index in [1.54, 1.807) is 0 Å². The molecular formula is C22H31NO2S. The average molecular weight is 374 g/mol. The maximum atomic E-state index is 12.5. The molecule has 1 aromatic carbocycles. The quantitative estimate of drug-likeness (QED) is 0.777. The number of nitrogens with one attached hydrogen (secondary N) is 1. The van der Waals surface area contributed by atoms with E-state index in [9.17, 15) is 4.79 Å². The zero-order chi connectivity index (χ0) is 18.0. The Bertz CT molecular complexity index is 648. The minimum Gasteiger partial charge on any atom is -0.487 e. The Morgan fingerprint density at radius 3 is 2.73 bits per heavy atom. The maximum Gasteiger partial charge on any atom is 0.230 e. The Balaban J connectivity index is 1.42. The molecule has 2 saturated carbocycles. The monoisotopic (exact) mass is 373 g/mol. The molecule has 1 spiro atoms. The number of hydrogen-bond donors (Lipinski definition) is 1. The van der Waals surface area contributed by atoms with Crippen molar-refractivity contribution in [1.82, 2.24) is 5.32 Å². The highest BCUT2D eigenvalue weighted by atomic mass is 32.2. The van der Waals surface area contributed by atoms with Crippen LogP contribution in [0.25, 0.3) is 0 Å². The minimum absolute atomic E-state index is 0.0137. The van der Waals surface area contributed by atoms with Crippen LogP contribution >= 0.6 is 11.8 Å². The molecule has 0 aromatic heterocycles. The van der Waals surface area contributed by atoms with Crippen molar-refractivity contribution in [2.45, 2.75) is 88.0 Å². The number of carbonyl (C=O) groups is 1. The van der Waals surface area contributed by atoms with Crippen molar-refractivity contribution in [1.29, 1.82) is 0 Å². The van der Waals surface area contributed by atoms with Gasteiger partial charge in [0.2, 0.25) is 5.91 Å². The second-order valence-electron chi connectivity index (χ2n) is 8.44. The first kappa shape index (κ1) is 18.2. The van der Waals surface area contributed by atoms with Gasteiger partial charge in [0, 0.05) is 23.3 Å². The fourth-order valence-corrected chi connectivity index (χ4v) is 6.12. The number of benzene rings is 1. The summed E-state index contributed by atoms with van der Waals surface area (Å²) in [5.74, 6) is 1.82. The van der Waals surface area contributed by atoms with Crippen LogP contribution in [0, 0.1) is 6.92 Å². The molecule has 3 aliphatic rings. The third-order valence-corrected chi connectivity index (χ3v) is 7.55. The number of thioether (sulfide) groups is 1. The van der Waals surface area contributed by atoms with E-state index in [1.165, 1.54) is 43.2 Å². The van der Waals surface area contributed by atoms with Crippen LogP contribution in [0.1, 0.15) is 80.6 Å². The maximum absolute atomic E-state index is 12.5. The SMILES string of the molecule is Cc1ccc2c(c1)[C@@H](SCC(=O)NC1CCCCC1)CC1(CCCC1)O2. The Morgan fingerprint density at radius 1 is 1.19 bits per heavy atom. The van der Waals surface area contributed by atoms with Crippen LogP contribution < -0.4 is 10.1 Å². The Morgan fingerprint density at radius 2 is 1.96 bits per heavy atom. The summed E-state index contributed by atoms with van der Waals surface area (Å²) in [6, 6.07) is 6.94. The fourth-order valence-electron chi connectivity index (χ4n) is 4.90. The van der Waals surface area contributed by atoms with Crippen LogP contribution in [0.3, 0.4) is 0 Å². The van der Waals surface area contributed by atoms with Crippen LogP contribution in [0.15, 0.2) is 18.2 Å². The third-order valence-electron chi connectivity index (χ3n) is 6.30. The first-order valence-electron chi connectivity index (χ1n) is 10.3. The lowest BCUT2D eigenvalue weighted by Crippen LogP contribution is -2.39. The Kier molecular flexibility index (Phi) is 5.49. The van der Waals surface area contributed by atoms with Crippen LogP contribution in [-0.2, 0) is 4.79 Å². The van der Waals surface area contributed by atoms with Gasteiger partial charge in [-0.25, -0.2) is 0 Å². The number of hydrogen-bond acceptors (Lipinski definition) is 3. The minimum atomic E-state index is 0.0137. The average Bonchev–Trinajstić information content (AvgIpc) is 3.09. The first-order chi connectivity index (χ1) is 12.6. The molecule has 1 N–H and O–H groups in total. The van der Waals surface area contributed by atoms with Crippen molar-refractivity contribution >= 4 is 17.7 Å². The molecule has 0 bridgehead atoms. The van der Waals surface area contributed by atoms with Gasteiger partial charge in [0.25, 0.3) is 0 Å². The predicted molar refractivity (Wildman–Crippen MR) is 108 cm³/mol. The number of carbonyl (C=O) groups excluding carboxylic acids is 1. The largest absolute Gasteiger partial charge is 0.487 e. The van der Waals surface area contributed by atoms with Crippen molar-refractivity contribution in [3.8, 4) is 5.75 Å². The van der Waals surface area contributed by atoms with Crippen molar-refractivity contribution < 1.29 is 9.53 Å². The Labute approximate surface area is 161 Å². The zero-order valence-electron chi connectivity index (χ0n) is 15.9. The summed E-state index contributed by atoms with van der Waals surface area (Å²) in [6.45, 7) is 2.14. The molecule has 1 heterocycles. The van der Waals surface area contributed by atoms with Crippen LogP contribution in [0.2, 0.25) is 0 Å². The summed E-state index contributed by atoms with van der Waals surface area (Å²) in [4.78, 5) is 12.5. The van der Waals surface area contributed by atoms with Gasteiger partial charge in [0.15, 0.2) is 0 Å². The van der Waals surface area contributed by atoms with E-state index in [-0.39, 0.29) is 11.5 Å². The lowest BCUT2D eigenvalue weighted by atomic mass is 9.88. The van der Waals surface area contributed by atoms with Gasteiger partial charge in [0.1, 0.15) is 11.4 Å². The number of rotatable bonds is 4. The molecule has 1 aliphatic heterocycles. The van der Waals surface area contributed by atoms with Gasteiger partial charge in [-0.2, -0.15) is 0 Å². The van der Waals surface area contributed by atoms with Crippen molar-refractivity contribution in [2.75, 3.05) is 5.75 Å². The standard InChI is InChI=1S/C22H31NO2S/c1-16-9-10-19-18(13-16)20(14-22(25-19)11-5-6-12-22)26-15-21(24)23-17-7-3-2-4-8-17/h9-10,13,17,20H,2-8,11-12,14-15H2,1H3,(H,23,24)/t20-/m0/s1. The zero-order valence-corrected chi connectivity index (χ0v) is 16.7. The van der Waals surface area contributed by atoms with E-state index in [4.69, 9.17) is 4.74 Å². The summed E-state index contributed by atoms with van der Waals surface area (Å²) in [5.41, 5.74) is 2.57. The predicted octanol–water partition coefficient (Wildman–Crippen LogP) is 5.31. The highest BCUT2D eigenvalue weighted by Gasteiger charge is 2.43. The first-order valence-corrected chi connectivity index (χ1v) is 11.4.